The summed E-state index contributed by atoms with van der Waals surface area (Å²) in [7, 11) is 5.16. The van der Waals surface area contributed by atoms with Crippen molar-refractivity contribution in [3.8, 4) is 0 Å². The number of aryl methyl sites for hydroxylation is 1. The fourth-order valence-corrected chi connectivity index (χ4v) is 12.4. The largest absolute Gasteiger partial charge is 0.477 e. The molecule has 22 heteroatoms. The number of ether oxygens (including phenoxy) is 8. The summed E-state index contributed by atoms with van der Waals surface area (Å²) in [5, 5.41) is 75.4. The number of aromatic nitrogens is 1. The van der Waals surface area contributed by atoms with Crippen LogP contribution in [0.3, 0.4) is 0 Å². The van der Waals surface area contributed by atoms with Crippen LogP contribution in [-0.2, 0) is 67.1 Å². The Balaban J connectivity index is 1.18. The molecule has 3 saturated heterocycles. The number of hydrogen-bond acceptors (Lipinski definition) is 20. The number of pyridine rings is 1. The van der Waals surface area contributed by atoms with Gasteiger partial charge in [-0.05, 0) is 106 Å². The van der Waals surface area contributed by atoms with Crippen molar-refractivity contribution in [1.82, 2.24) is 14.8 Å². The normalized spacial score (nSPS) is 37.9. The third-order valence-electron chi connectivity index (χ3n) is 16.8. The molecule has 0 unspecified atom stereocenters. The van der Waals surface area contributed by atoms with Crippen molar-refractivity contribution in [3.05, 3.63) is 45.2 Å². The maximum absolute atomic E-state index is 14.5. The van der Waals surface area contributed by atoms with Crippen molar-refractivity contribution >= 4 is 34.5 Å². The van der Waals surface area contributed by atoms with Crippen molar-refractivity contribution in [2.75, 3.05) is 40.9 Å². The van der Waals surface area contributed by atoms with Gasteiger partial charge in [-0.1, -0.05) is 38.9 Å². The lowest BCUT2D eigenvalue weighted by Gasteiger charge is -2.49. The number of nitrogens with one attached hydrogen (secondary N) is 1. The Morgan fingerprint density at radius 3 is 2.31 bits per heavy atom. The van der Waals surface area contributed by atoms with E-state index in [1.165, 1.54) is 27.2 Å². The second kappa shape index (κ2) is 26.2. The van der Waals surface area contributed by atoms with Gasteiger partial charge >= 0.3 is 17.9 Å². The number of carboxylic acid groups (broad SMARTS) is 1. The molecule has 4 aliphatic rings. The van der Waals surface area contributed by atoms with E-state index in [0.717, 1.165) is 11.1 Å². The number of rotatable bonds is 16. The predicted molar refractivity (Wildman–Crippen MR) is 285 cm³/mol. The number of cyclic esters (lactones) is 1. The van der Waals surface area contributed by atoms with Crippen LogP contribution in [0.1, 0.15) is 129 Å². The van der Waals surface area contributed by atoms with Gasteiger partial charge in [-0.25, -0.2) is 4.79 Å². The summed E-state index contributed by atoms with van der Waals surface area (Å²) in [6.07, 6.45) is -7.80. The molecule has 2 aromatic rings. The Labute approximate surface area is 457 Å². The molecule has 3 fully saturated rings. The molecular weight excluding hydrogens is 1020 g/mol. The van der Waals surface area contributed by atoms with Crippen molar-refractivity contribution in [3.63, 3.8) is 0 Å². The third-order valence-corrected chi connectivity index (χ3v) is 16.8. The van der Waals surface area contributed by atoms with Gasteiger partial charge in [-0.2, -0.15) is 0 Å². The lowest BCUT2D eigenvalue weighted by molar-refractivity contribution is -0.318. The molecule has 6 rings (SSSR count). The fraction of sp³-hybridized carbons (Fsp3) is 0.768. The summed E-state index contributed by atoms with van der Waals surface area (Å²) in [4.78, 5) is 55.0. The molecular formula is C56H88N4O18. The van der Waals surface area contributed by atoms with E-state index in [4.69, 9.17) is 37.9 Å². The number of aliphatic hydroxyl groups is 4. The van der Waals surface area contributed by atoms with Crippen molar-refractivity contribution < 1.29 is 83.0 Å². The Morgan fingerprint density at radius 1 is 0.962 bits per heavy atom. The van der Waals surface area contributed by atoms with Crippen LogP contribution in [-0.4, -0.2) is 189 Å². The molecule has 0 aliphatic carbocycles. The molecule has 1 aromatic heterocycles. The Morgan fingerprint density at radius 2 is 1.67 bits per heavy atom. The van der Waals surface area contributed by atoms with E-state index >= 15 is 0 Å². The van der Waals surface area contributed by atoms with E-state index < -0.39 is 119 Å². The molecule has 0 spiro atoms. The second-order valence-corrected chi connectivity index (χ2v) is 23.2. The molecule has 22 nitrogen and oxygen atoms in total. The van der Waals surface area contributed by atoms with Crippen LogP contribution in [0.4, 0.5) is 0 Å². The summed E-state index contributed by atoms with van der Waals surface area (Å²) in [6, 6.07) is 3.36. The highest BCUT2D eigenvalue weighted by Crippen LogP contribution is 2.42. The highest BCUT2D eigenvalue weighted by atomic mass is 16.7. The zero-order chi connectivity index (χ0) is 57.8. The maximum atomic E-state index is 14.5. The van der Waals surface area contributed by atoms with Crippen molar-refractivity contribution in [2.24, 2.45) is 28.8 Å². The van der Waals surface area contributed by atoms with Gasteiger partial charge in [0.05, 0.1) is 72.9 Å². The SMILES string of the molecule is CC[C@H]1OC(=O)[C@H](C)[C@@H](O[C@H]2C[C@@](C)(OC)[C@@H](OC(=O)CCNCCCc3cc4c5c(c3)c(=O)c(C(=O)O)cn5CCOC4)[C@H](C)O2)[C@H](C)[C@@H](O[C@H]2O[C@@H](C)C[C@@H](N(C)C)[C@@H]2O)[C@](C)(O)C[C@@H](C)/C(=N\O)[C@H](C)[C@@H](O)[C@]1(C)O. The summed E-state index contributed by atoms with van der Waals surface area (Å²) in [6.45, 7) is 18.5. The van der Waals surface area contributed by atoms with Crippen LogP contribution < -0.4 is 10.7 Å². The number of carbonyl (C=O) groups excluding carboxylic acids is 2. The first-order chi connectivity index (χ1) is 36.6. The molecule has 0 saturated carbocycles. The number of nitrogens with zero attached hydrogens (tertiary/aromatic N) is 3. The average Bonchev–Trinajstić information content (AvgIpc) is 3.66. The van der Waals surface area contributed by atoms with Crippen LogP contribution in [0.5, 0.6) is 0 Å². The molecule has 5 heterocycles. The van der Waals surface area contributed by atoms with E-state index in [1.54, 1.807) is 59.1 Å². The minimum Gasteiger partial charge on any atom is -0.477 e. The summed E-state index contributed by atoms with van der Waals surface area (Å²) < 4.78 is 52.1. The number of carbonyl (C=O) groups is 3. The number of esters is 2. The Hall–Kier alpha value is -4.17. The first-order valence-electron chi connectivity index (χ1n) is 27.6. The van der Waals surface area contributed by atoms with Gasteiger partial charge in [0.15, 0.2) is 18.7 Å². The quantitative estimate of drug-likeness (QED) is 0.0545. The number of carboxylic acids is 1. The number of hydrogen-bond donors (Lipinski definition) is 7. The van der Waals surface area contributed by atoms with E-state index in [2.05, 4.69) is 10.5 Å². The van der Waals surface area contributed by atoms with E-state index in [1.807, 2.05) is 32.0 Å². The van der Waals surface area contributed by atoms with Gasteiger partial charge in [-0.3, -0.25) is 14.4 Å². The van der Waals surface area contributed by atoms with Gasteiger partial charge in [0, 0.05) is 67.6 Å². The topological polar surface area (TPSA) is 296 Å². The zero-order valence-electron chi connectivity index (χ0n) is 47.8. The van der Waals surface area contributed by atoms with Gasteiger partial charge in [0.2, 0.25) is 5.43 Å². The number of aliphatic hydroxyl groups excluding tert-OH is 2. The van der Waals surface area contributed by atoms with Gasteiger partial charge in [0.1, 0.15) is 29.0 Å². The Kier molecular flexibility index (Phi) is 21.1. The van der Waals surface area contributed by atoms with Gasteiger partial charge in [0.25, 0.3) is 0 Å². The van der Waals surface area contributed by atoms with Crippen LogP contribution in [0.25, 0.3) is 10.9 Å². The summed E-state index contributed by atoms with van der Waals surface area (Å²) >= 11 is 0. The predicted octanol–water partition coefficient (Wildman–Crippen LogP) is 3.75. The van der Waals surface area contributed by atoms with Crippen molar-refractivity contribution in [2.45, 2.75) is 212 Å². The summed E-state index contributed by atoms with van der Waals surface area (Å²) in [5.74, 6) is -6.38. The molecule has 18 atom stereocenters. The zero-order valence-corrected chi connectivity index (χ0v) is 47.8. The first kappa shape index (κ1) is 63.0. The highest BCUT2D eigenvalue weighted by molar-refractivity contribution is 5.94. The molecule has 4 aliphatic heterocycles. The van der Waals surface area contributed by atoms with Crippen LogP contribution in [0.15, 0.2) is 28.3 Å². The van der Waals surface area contributed by atoms with Gasteiger partial charge < -0.3 is 83.4 Å². The number of methoxy groups -OCH3 is 1. The van der Waals surface area contributed by atoms with Crippen molar-refractivity contribution in [1.29, 1.82) is 0 Å². The molecule has 440 valence electrons. The molecule has 7 N–H and O–H groups in total. The fourth-order valence-electron chi connectivity index (χ4n) is 12.4. The first-order valence-corrected chi connectivity index (χ1v) is 27.6. The minimum atomic E-state index is -2.03. The highest BCUT2D eigenvalue weighted by Gasteiger charge is 2.54. The van der Waals surface area contributed by atoms with Gasteiger partial charge in [-0.15, -0.1) is 0 Å². The standard InChI is InChI=1S/C56H88N4O18/c1-14-40-56(10,69)48(64)31(4)43(58-70)29(2)25-54(8,68)49(78-53-46(63)39(59(11)12)22-30(3)73-53)32(5)47(33(6)52(67)75-40)77-42-26-55(9,71-13)50(34(7)74-42)76-41(61)17-19-57-18-15-16-35-23-36-28-72-21-20-60-27-38(51(65)66)45(62)37(24-35)44(36)60/h23-24,27,29-34,39-40,42,46-50,53,57,63-64,68-70H,14-22,25-26,28H2,1-13H3,(H,65,66)/b58-43+/t29-,30+,31+,32+,33-,34+,39-,40-,42+,46+,47+,48-,49-,50+,53-,54-,55-,56-/m1/s1. The Bertz CT molecular complexity index is 2480. The average molecular weight is 1110 g/mol. The molecule has 78 heavy (non-hydrogen) atoms. The van der Waals surface area contributed by atoms with E-state index in [0.29, 0.717) is 56.5 Å². The minimum absolute atomic E-state index is 0.00121. The monoisotopic (exact) mass is 1100 g/mol. The molecule has 0 radical (unpaired) electrons. The smallest absolute Gasteiger partial charge is 0.341 e. The second-order valence-electron chi connectivity index (χ2n) is 23.2. The third kappa shape index (κ3) is 13.9. The molecule has 0 bridgehead atoms. The lowest BCUT2D eigenvalue weighted by Crippen LogP contribution is -2.61. The number of oxime groups is 1. The number of aromatic carboxylic acids is 1. The van der Waals surface area contributed by atoms with E-state index in [-0.39, 0.29) is 55.6 Å². The van der Waals surface area contributed by atoms with E-state index in [9.17, 15) is 49.9 Å². The summed E-state index contributed by atoms with van der Waals surface area (Å²) in [5.41, 5.74) is -3.46. The van der Waals surface area contributed by atoms with Crippen LogP contribution in [0, 0.1) is 23.7 Å². The number of benzene rings is 1. The molecule has 1 aromatic carbocycles. The lowest BCUT2D eigenvalue weighted by atomic mass is 9.73. The van der Waals surface area contributed by atoms with Crippen LogP contribution in [0.2, 0.25) is 0 Å². The number of likely N-dealkylation sites (N-methyl/N-ethyl adjacent to an activating group) is 1. The maximum Gasteiger partial charge on any atom is 0.341 e. The van der Waals surface area contributed by atoms with Crippen LogP contribution >= 0.6 is 0 Å². The molecule has 0 amide bonds.